The lowest BCUT2D eigenvalue weighted by atomic mass is 9.74. The molecular weight excluding hydrogens is 228 g/mol. The first-order chi connectivity index (χ1) is 8.27. The predicted octanol–water partition coefficient (Wildman–Crippen LogP) is 3.00. The molecule has 3 aliphatic carbocycles. The number of fused-ring (bicyclic) bond motifs is 3. The van der Waals surface area contributed by atoms with Crippen LogP contribution in [0.2, 0.25) is 0 Å². The normalized spacial score (nSPS) is 53.6. The van der Waals surface area contributed by atoms with Gasteiger partial charge in [0.15, 0.2) is 0 Å². The van der Waals surface area contributed by atoms with Crippen molar-refractivity contribution in [1.29, 1.82) is 0 Å². The zero-order valence-electron chi connectivity index (χ0n) is 11.6. The fraction of sp³-hybridized carbons (Fsp3) is 0.867. The van der Waals surface area contributed by atoms with Gasteiger partial charge in [-0.15, -0.1) is 0 Å². The van der Waals surface area contributed by atoms with Crippen LogP contribution in [0.3, 0.4) is 0 Å². The first-order valence-electron chi connectivity index (χ1n) is 7.00. The number of rotatable bonds is 1. The van der Waals surface area contributed by atoms with Crippen LogP contribution in [0.4, 0.5) is 0 Å². The number of aliphatic hydroxyl groups is 1. The fourth-order valence-electron chi connectivity index (χ4n) is 5.03. The smallest absolute Gasteiger partial charge is 0.130 e. The van der Waals surface area contributed by atoms with E-state index in [-0.39, 0.29) is 11.3 Å². The Labute approximate surface area is 109 Å². The summed E-state index contributed by atoms with van der Waals surface area (Å²) in [5.41, 5.74) is -0.247. The molecule has 0 radical (unpaired) electrons. The Hall–Kier alpha value is -0.380. The molecule has 3 fully saturated rings. The molecule has 3 heteroatoms. The van der Waals surface area contributed by atoms with E-state index in [9.17, 15) is 10.4 Å². The molecule has 3 aliphatic rings. The summed E-state index contributed by atoms with van der Waals surface area (Å²) in [6.07, 6.45) is 3.36. The van der Waals surface area contributed by atoms with Gasteiger partial charge in [0.25, 0.3) is 0 Å². The molecule has 0 aliphatic heterocycles. The van der Waals surface area contributed by atoms with Crippen LogP contribution in [-0.2, 0) is 4.89 Å². The molecule has 5 atom stereocenters. The standard InChI is InChI=1S/C15H24O3/c1-9-5-6-10-11(13(10,2)3)12-14(4,16)7-8-15(9,12)18-17/h10-12,16-17H,1,5-8H2,2-4H3/t10-,11-,12-,14+,15+/m1/s1. The van der Waals surface area contributed by atoms with E-state index in [1.54, 1.807) is 0 Å². The molecule has 18 heavy (non-hydrogen) atoms. The molecule has 3 nitrogen and oxygen atoms in total. The Balaban J connectivity index is 2.08. The van der Waals surface area contributed by atoms with Crippen molar-refractivity contribution in [2.45, 2.75) is 57.7 Å². The summed E-state index contributed by atoms with van der Waals surface area (Å²) < 4.78 is 0. The minimum absolute atomic E-state index is 0.0231. The Morgan fingerprint density at radius 1 is 1.28 bits per heavy atom. The third-order valence-corrected chi connectivity index (χ3v) is 6.19. The van der Waals surface area contributed by atoms with Crippen molar-refractivity contribution in [2.24, 2.45) is 23.2 Å². The zero-order chi connectivity index (χ0) is 13.3. The maximum Gasteiger partial charge on any atom is 0.130 e. The lowest BCUT2D eigenvalue weighted by Gasteiger charge is -2.38. The summed E-state index contributed by atoms with van der Waals surface area (Å²) >= 11 is 0. The first kappa shape index (κ1) is 12.6. The van der Waals surface area contributed by atoms with Crippen LogP contribution < -0.4 is 0 Å². The molecule has 3 rings (SSSR count). The Kier molecular flexibility index (Phi) is 2.38. The van der Waals surface area contributed by atoms with Gasteiger partial charge in [0.05, 0.1) is 5.60 Å². The lowest BCUT2D eigenvalue weighted by molar-refractivity contribution is -0.327. The fourth-order valence-corrected chi connectivity index (χ4v) is 5.03. The molecule has 0 heterocycles. The molecule has 0 bridgehead atoms. The van der Waals surface area contributed by atoms with Crippen LogP contribution in [0.25, 0.3) is 0 Å². The summed E-state index contributed by atoms with van der Waals surface area (Å²) in [6, 6.07) is 0. The van der Waals surface area contributed by atoms with Crippen LogP contribution >= 0.6 is 0 Å². The van der Waals surface area contributed by atoms with E-state index in [1.807, 2.05) is 6.92 Å². The SMILES string of the molecule is C=C1CC[C@@H]2[C@H]([C@@H]3[C@@](C)(O)CC[C@]13OO)C2(C)C. The second-order valence-electron chi connectivity index (χ2n) is 7.41. The molecule has 0 aromatic heterocycles. The molecule has 0 amide bonds. The highest BCUT2D eigenvalue weighted by Gasteiger charge is 2.72. The van der Waals surface area contributed by atoms with E-state index >= 15 is 0 Å². The van der Waals surface area contributed by atoms with Crippen molar-refractivity contribution in [3.8, 4) is 0 Å². The van der Waals surface area contributed by atoms with Crippen LogP contribution in [0.1, 0.15) is 46.5 Å². The van der Waals surface area contributed by atoms with E-state index in [1.165, 1.54) is 0 Å². The van der Waals surface area contributed by atoms with E-state index in [0.717, 1.165) is 18.4 Å². The summed E-state index contributed by atoms with van der Waals surface area (Å²) in [6.45, 7) is 10.6. The maximum absolute atomic E-state index is 10.7. The summed E-state index contributed by atoms with van der Waals surface area (Å²) in [5, 5.41) is 20.2. The van der Waals surface area contributed by atoms with Crippen molar-refractivity contribution in [2.75, 3.05) is 0 Å². The summed E-state index contributed by atoms with van der Waals surface area (Å²) in [7, 11) is 0. The minimum Gasteiger partial charge on any atom is -0.390 e. The van der Waals surface area contributed by atoms with Crippen LogP contribution in [0, 0.1) is 23.2 Å². The lowest BCUT2D eigenvalue weighted by Crippen LogP contribution is -2.46. The highest BCUT2D eigenvalue weighted by atomic mass is 17.1. The van der Waals surface area contributed by atoms with Gasteiger partial charge in [-0.05, 0) is 55.4 Å². The van der Waals surface area contributed by atoms with Gasteiger partial charge in [-0.3, -0.25) is 5.26 Å². The third kappa shape index (κ3) is 1.30. The zero-order valence-corrected chi connectivity index (χ0v) is 11.6. The number of hydrogen-bond acceptors (Lipinski definition) is 3. The monoisotopic (exact) mass is 252 g/mol. The highest BCUT2D eigenvalue weighted by Crippen LogP contribution is 2.72. The minimum atomic E-state index is -0.757. The van der Waals surface area contributed by atoms with Crippen molar-refractivity contribution < 1.29 is 15.3 Å². The maximum atomic E-state index is 10.7. The van der Waals surface area contributed by atoms with Gasteiger partial charge in [-0.25, -0.2) is 4.89 Å². The Bertz CT molecular complexity index is 399. The van der Waals surface area contributed by atoms with Gasteiger partial charge in [0.2, 0.25) is 0 Å². The van der Waals surface area contributed by atoms with Crippen molar-refractivity contribution >= 4 is 0 Å². The number of hydrogen-bond donors (Lipinski definition) is 2. The Morgan fingerprint density at radius 3 is 2.56 bits per heavy atom. The average molecular weight is 252 g/mol. The molecule has 0 aromatic carbocycles. The third-order valence-electron chi connectivity index (χ3n) is 6.19. The van der Waals surface area contributed by atoms with Crippen molar-refractivity contribution in [3.63, 3.8) is 0 Å². The van der Waals surface area contributed by atoms with Crippen molar-refractivity contribution in [1.82, 2.24) is 0 Å². The van der Waals surface area contributed by atoms with Gasteiger partial charge < -0.3 is 5.11 Å². The molecule has 0 saturated heterocycles. The van der Waals surface area contributed by atoms with Gasteiger partial charge in [-0.1, -0.05) is 20.4 Å². The molecule has 2 N–H and O–H groups in total. The highest BCUT2D eigenvalue weighted by molar-refractivity contribution is 5.30. The van der Waals surface area contributed by atoms with E-state index < -0.39 is 11.2 Å². The first-order valence-corrected chi connectivity index (χ1v) is 7.00. The summed E-state index contributed by atoms with van der Waals surface area (Å²) in [5.74, 6) is 1.03. The summed E-state index contributed by atoms with van der Waals surface area (Å²) in [4.78, 5) is 4.96. The van der Waals surface area contributed by atoms with Crippen molar-refractivity contribution in [3.05, 3.63) is 12.2 Å². The molecular formula is C15H24O3. The average Bonchev–Trinajstić information content (AvgIpc) is 2.74. The second-order valence-corrected chi connectivity index (χ2v) is 7.41. The Morgan fingerprint density at radius 2 is 1.94 bits per heavy atom. The molecule has 0 unspecified atom stereocenters. The topological polar surface area (TPSA) is 49.7 Å². The van der Waals surface area contributed by atoms with E-state index in [0.29, 0.717) is 24.7 Å². The van der Waals surface area contributed by atoms with Gasteiger partial charge in [-0.2, -0.15) is 0 Å². The quantitative estimate of drug-likeness (QED) is 0.428. The van der Waals surface area contributed by atoms with E-state index in [2.05, 4.69) is 20.4 Å². The van der Waals surface area contributed by atoms with Crippen LogP contribution in [-0.4, -0.2) is 21.6 Å². The van der Waals surface area contributed by atoms with Gasteiger partial charge in [0, 0.05) is 5.92 Å². The van der Waals surface area contributed by atoms with Crippen LogP contribution in [0.15, 0.2) is 12.2 Å². The molecule has 0 spiro atoms. The second kappa shape index (κ2) is 3.38. The predicted molar refractivity (Wildman–Crippen MR) is 68.9 cm³/mol. The van der Waals surface area contributed by atoms with Gasteiger partial charge >= 0.3 is 0 Å². The molecule has 102 valence electrons. The largest absolute Gasteiger partial charge is 0.390 e. The van der Waals surface area contributed by atoms with Crippen LogP contribution in [0.5, 0.6) is 0 Å². The molecule has 0 aromatic rings. The molecule has 3 saturated carbocycles. The van der Waals surface area contributed by atoms with Gasteiger partial charge in [0.1, 0.15) is 5.60 Å². The van der Waals surface area contributed by atoms with E-state index in [4.69, 9.17) is 4.89 Å².